The van der Waals surface area contributed by atoms with Gasteiger partial charge in [-0.3, -0.25) is 14.4 Å². The smallest absolute Gasteiger partial charge is 0.267 e. The van der Waals surface area contributed by atoms with Crippen LogP contribution in [0, 0.1) is 11.2 Å². The molecule has 1 aliphatic carbocycles. The highest BCUT2D eigenvalue weighted by atomic mass is 32.1. The van der Waals surface area contributed by atoms with Gasteiger partial charge in [-0.2, -0.15) is 0 Å². The predicted molar refractivity (Wildman–Crippen MR) is 117 cm³/mol. The minimum atomic E-state index is -0.969. The van der Waals surface area contributed by atoms with Crippen molar-refractivity contribution in [1.29, 1.82) is 0 Å². The molecule has 6 N–H and O–H groups in total. The Labute approximate surface area is 182 Å². The number of thiazole rings is 1. The maximum atomic E-state index is 13.0. The van der Waals surface area contributed by atoms with E-state index >= 15 is 0 Å². The normalized spacial score (nSPS) is 17.9. The summed E-state index contributed by atoms with van der Waals surface area (Å²) in [7, 11) is 0. The number of nitrogens with zero attached hydrogens (tertiary/aromatic N) is 1. The molecule has 1 aromatic carbocycles. The molecule has 8 nitrogen and oxygen atoms in total. The van der Waals surface area contributed by atoms with Gasteiger partial charge < -0.3 is 22.1 Å². The van der Waals surface area contributed by atoms with Gasteiger partial charge >= 0.3 is 0 Å². The lowest BCUT2D eigenvalue weighted by atomic mass is 9.92. The molecule has 1 fully saturated rings. The van der Waals surface area contributed by atoms with Crippen molar-refractivity contribution in [3.63, 3.8) is 0 Å². The summed E-state index contributed by atoms with van der Waals surface area (Å²) in [5, 5.41) is 5.95. The van der Waals surface area contributed by atoms with Crippen LogP contribution in [0.1, 0.15) is 42.8 Å². The molecule has 1 aliphatic rings. The number of benzene rings is 1. The molecular weight excluding hydrogens is 421 g/mol. The average Bonchev–Trinajstić information content (AvgIpc) is 3.23. The fraction of sp³-hybridized carbons (Fsp3) is 0.333. The lowest BCUT2D eigenvalue weighted by Crippen LogP contribution is -2.37. The zero-order valence-electron chi connectivity index (χ0n) is 17.2. The maximum Gasteiger partial charge on any atom is 0.267 e. The largest absolute Gasteiger partial charge is 0.394 e. The Bertz CT molecular complexity index is 1050. The summed E-state index contributed by atoms with van der Waals surface area (Å²) < 4.78 is 13.0. The molecule has 0 radical (unpaired) electrons. The Balaban J connectivity index is 1.65. The lowest BCUT2D eigenvalue weighted by molar-refractivity contribution is -0.118. The van der Waals surface area contributed by atoms with Crippen molar-refractivity contribution in [2.75, 3.05) is 11.1 Å². The summed E-state index contributed by atoms with van der Waals surface area (Å²) in [5.74, 6) is -2.99. The molecule has 1 unspecified atom stereocenters. The first-order chi connectivity index (χ1) is 14.5. The second-order valence-electron chi connectivity index (χ2n) is 8.24. The molecule has 0 saturated heterocycles. The number of allylic oxidation sites excluding steroid dienone is 1. The van der Waals surface area contributed by atoms with Gasteiger partial charge in [-0.15, -0.1) is 0 Å². The van der Waals surface area contributed by atoms with Crippen molar-refractivity contribution in [3.8, 4) is 0 Å². The Morgan fingerprint density at radius 2 is 1.94 bits per heavy atom. The summed E-state index contributed by atoms with van der Waals surface area (Å²) >= 11 is 0.874. The van der Waals surface area contributed by atoms with E-state index in [-0.39, 0.29) is 33.0 Å². The van der Waals surface area contributed by atoms with Gasteiger partial charge in [-0.25, -0.2) is 9.37 Å². The quantitative estimate of drug-likeness (QED) is 0.292. The maximum absolute atomic E-state index is 13.0. The van der Waals surface area contributed by atoms with E-state index in [4.69, 9.17) is 11.5 Å². The van der Waals surface area contributed by atoms with E-state index in [2.05, 4.69) is 29.5 Å². The topological polar surface area (TPSA) is 140 Å². The molecule has 1 heterocycles. The number of ketones is 2. The third kappa shape index (κ3) is 5.66. The number of nitrogens with two attached hydrogens (primary N) is 2. The van der Waals surface area contributed by atoms with E-state index in [9.17, 15) is 18.8 Å². The van der Waals surface area contributed by atoms with Gasteiger partial charge in [0.05, 0.1) is 0 Å². The first-order valence-corrected chi connectivity index (χ1v) is 10.5. The number of amides is 1. The molecule has 31 heavy (non-hydrogen) atoms. The van der Waals surface area contributed by atoms with E-state index in [0.29, 0.717) is 5.69 Å². The second-order valence-corrected chi connectivity index (χ2v) is 9.23. The number of rotatable bonds is 7. The van der Waals surface area contributed by atoms with Crippen molar-refractivity contribution in [2.45, 2.75) is 39.2 Å². The first-order valence-electron chi connectivity index (χ1n) is 9.70. The van der Waals surface area contributed by atoms with E-state index in [1.807, 2.05) is 0 Å². The third-order valence-electron chi connectivity index (χ3n) is 5.03. The number of halogens is 1. The number of Topliss-reactive ketones (excluding diaryl/α,β-unsaturated/α-hetero) is 1. The highest BCUT2D eigenvalue weighted by Crippen LogP contribution is 2.37. The van der Waals surface area contributed by atoms with Gasteiger partial charge in [0.15, 0.2) is 5.13 Å². The van der Waals surface area contributed by atoms with E-state index in [1.54, 1.807) is 0 Å². The molecule has 0 aliphatic heterocycles. The Morgan fingerprint density at radius 1 is 1.26 bits per heavy atom. The summed E-state index contributed by atoms with van der Waals surface area (Å²) in [4.78, 5) is 41.0. The zero-order chi connectivity index (χ0) is 22.8. The van der Waals surface area contributed by atoms with Crippen LogP contribution < -0.4 is 22.1 Å². The number of aromatic nitrogens is 1. The lowest BCUT2D eigenvalue weighted by Gasteiger charge is -2.17. The molecule has 0 spiro atoms. The number of carbonyl (C=O) groups excluding carboxylic acids is 3. The van der Waals surface area contributed by atoms with Crippen LogP contribution in [0.15, 0.2) is 36.0 Å². The summed E-state index contributed by atoms with van der Waals surface area (Å²) in [6.07, 6.45) is 3.45. The minimum Gasteiger partial charge on any atom is -0.394 e. The molecule has 1 amide bonds. The fourth-order valence-corrected chi connectivity index (χ4v) is 4.27. The van der Waals surface area contributed by atoms with Gasteiger partial charge in [0.2, 0.25) is 11.6 Å². The molecule has 10 heteroatoms. The van der Waals surface area contributed by atoms with Crippen molar-refractivity contribution in [3.05, 3.63) is 46.7 Å². The van der Waals surface area contributed by atoms with Crippen molar-refractivity contribution < 1.29 is 18.8 Å². The summed E-state index contributed by atoms with van der Waals surface area (Å²) in [5.41, 5.74) is 11.9. The number of anilines is 3. The van der Waals surface area contributed by atoms with Crippen molar-refractivity contribution >= 4 is 45.4 Å². The van der Waals surface area contributed by atoms with Crippen molar-refractivity contribution in [1.82, 2.24) is 10.3 Å². The molecule has 0 bridgehead atoms. The van der Waals surface area contributed by atoms with Crippen molar-refractivity contribution in [2.24, 2.45) is 11.1 Å². The van der Waals surface area contributed by atoms with Crippen LogP contribution in [0.5, 0.6) is 0 Å². The van der Waals surface area contributed by atoms with E-state index in [1.165, 1.54) is 24.3 Å². The summed E-state index contributed by atoms with van der Waals surface area (Å²) in [6.45, 7) is 4.25. The summed E-state index contributed by atoms with van der Waals surface area (Å²) in [6, 6.07) is 5.50. The minimum absolute atomic E-state index is 0.0162. The van der Waals surface area contributed by atoms with E-state index in [0.717, 1.165) is 36.7 Å². The Hall–Kier alpha value is -3.27. The second kappa shape index (κ2) is 8.84. The van der Waals surface area contributed by atoms with Crippen LogP contribution in [0.2, 0.25) is 0 Å². The Kier molecular flexibility index (Phi) is 6.40. The highest BCUT2D eigenvalue weighted by molar-refractivity contribution is 7.18. The molecule has 1 atom stereocenters. The average molecular weight is 446 g/mol. The standard InChI is InChI=1S/C21H24FN5O3S/c1-21(2)8-7-13(10-21)25-19(30)14(23)9-15(28)16(29)17-18(24)27-20(31-17)26-12-5-3-11(22)4-6-12/h3-6,9,13H,7-8,10,23-24H2,1-2H3,(H,25,30)(H,26,27)/b14-9-. The van der Waals surface area contributed by atoms with Crippen LogP contribution in [-0.4, -0.2) is 28.5 Å². The number of nitrogens with one attached hydrogen (secondary N) is 2. The molecule has 2 aromatic rings. The van der Waals surface area contributed by atoms with Crippen LogP contribution in [0.4, 0.5) is 21.0 Å². The molecule has 164 valence electrons. The van der Waals surface area contributed by atoms with Gasteiger partial charge in [0.1, 0.15) is 22.2 Å². The number of hydrogen-bond donors (Lipinski definition) is 4. The third-order valence-corrected chi connectivity index (χ3v) is 6.02. The molecule has 3 rings (SSSR count). The predicted octanol–water partition coefficient (Wildman–Crippen LogP) is 2.90. The van der Waals surface area contributed by atoms with Gasteiger partial charge in [-0.1, -0.05) is 25.2 Å². The highest BCUT2D eigenvalue weighted by Gasteiger charge is 2.32. The SMILES string of the molecule is CC1(C)CCC(NC(=O)/C(N)=C/C(=O)C(=O)c2sc(Nc3ccc(F)cc3)nc2N)C1. The number of hydrogen-bond acceptors (Lipinski definition) is 8. The van der Waals surface area contributed by atoms with Crippen LogP contribution in [0.25, 0.3) is 0 Å². The van der Waals surface area contributed by atoms with E-state index < -0.39 is 23.3 Å². The Morgan fingerprint density at radius 3 is 2.55 bits per heavy atom. The number of nitrogen functional groups attached to an aromatic ring is 1. The monoisotopic (exact) mass is 445 g/mol. The molecule has 1 aromatic heterocycles. The van der Waals surface area contributed by atoms with Crippen LogP contribution in [0.3, 0.4) is 0 Å². The van der Waals surface area contributed by atoms with Gasteiger partial charge in [-0.05, 0) is 48.9 Å². The zero-order valence-corrected chi connectivity index (χ0v) is 18.0. The molecular formula is C21H24FN5O3S. The molecule has 1 saturated carbocycles. The van der Waals surface area contributed by atoms with Gasteiger partial charge in [0.25, 0.3) is 5.91 Å². The van der Waals surface area contributed by atoms with Crippen LogP contribution >= 0.6 is 11.3 Å². The number of carbonyl (C=O) groups is 3. The van der Waals surface area contributed by atoms with Crippen LogP contribution in [-0.2, 0) is 9.59 Å². The first kappa shape index (κ1) is 22.4. The fourth-order valence-electron chi connectivity index (χ4n) is 3.42. The van der Waals surface area contributed by atoms with Gasteiger partial charge in [0, 0.05) is 17.8 Å².